The SMILES string of the molecule is CCNC(=O)c1ccc(C(C)=CC(C)(C)C)cc1. The quantitative estimate of drug-likeness (QED) is 0.860. The van der Waals surface area contributed by atoms with Crippen LogP contribution in [0.2, 0.25) is 0 Å². The van der Waals surface area contributed by atoms with E-state index in [1.807, 2.05) is 31.2 Å². The van der Waals surface area contributed by atoms with E-state index < -0.39 is 0 Å². The Balaban J connectivity index is 2.90. The van der Waals surface area contributed by atoms with Crippen molar-refractivity contribution >= 4 is 11.5 Å². The number of benzene rings is 1. The van der Waals surface area contributed by atoms with Crippen LogP contribution in [0, 0.1) is 5.41 Å². The highest BCUT2D eigenvalue weighted by Gasteiger charge is 2.08. The van der Waals surface area contributed by atoms with Crippen LogP contribution in [0.4, 0.5) is 0 Å². The standard InChI is InChI=1S/C16H23NO/c1-6-17-15(18)14-9-7-13(8-10-14)12(2)11-16(3,4)5/h7-11H,6H2,1-5H3,(H,17,18). The largest absolute Gasteiger partial charge is 0.352 e. The van der Waals surface area contributed by atoms with Crippen molar-refractivity contribution in [1.82, 2.24) is 5.32 Å². The van der Waals surface area contributed by atoms with Gasteiger partial charge < -0.3 is 5.32 Å². The van der Waals surface area contributed by atoms with Gasteiger partial charge in [0, 0.05) is 12.1 Å². The smallest absolute Gasteiger partial charge is 0.251 e. The van der Waals surface area contributed by atoms with Crippen molar-refractivity contribution in [3.63, 3.8) is 0 Å². The highest BCUT2D eigenvalue weighted by molar-refractivity contribution is 5.94. The number of rotatable bonds is 3. The molecule has 0 aliphatic heterocycles. The molecule has 98 valence electrons. The van der Waals surface area contributed by atoms with E-state index in [9.17, 15) is 4.79 Å². The molecule has 1 aromatic carbocycles. The van der Waals surface area contributed by atoms with Gasteiger partial charge in [0.1, 0.15) is 0 Å². The highest BCUT2D eigenvalue weighted by atomic mass is 16.1. The molecule has 0 aromatic heterocycles. The maximum absolute atomic E-state index is 11.6. The molecule has 0 atom stereocenters. The number of hydrogen-bond donors (Lipinski definition) is 1. The summed E-state index contributed by atoms with van der Waals surface area (Å²) in [5.74, 6) is -0.0125. The molecule has 0 spiro atoms. The Morgan fingerprint density at radius 1 is 1.17 bits per heavy atom. The average molecular weight is 245 g/mol. The Hall–Kier alpha value is -1.57. The molecule has 2 heteroatoms. The molecule has 1 aromatic rings. The van der Waals surface area contributed by atoms with E-state index in [4.69, 9.17) is 0 Å². The van der Waals surface area contributed by atoms with Crippen LogP contribution in [0.3, 0.4) is 0 Å². The molecule has 0 fully saturated rings. The third kappa shape index (κ3) is 4.36. The van der Waals surface area contributed by atoms with Gasteiger partial charge in [0.05, 0.1) is 0 Å². The predicted molar refractivity (Wildman–Crippen MR) is 77.6 cm³/mol. The van der Waals surface area contributed by atoms with Gasteiger partial charge >= 0.3 is 0 Å². The van der Waals surface area contributed by atoms with E-state index in [2.05, 4.69) is 39.1 Å². The summed E-state index contributed by atoms with van der Waals surface area (Å²) in [5, 5.41) is 2.80. The summed E-state index contributed by atoms with van der Waals surface area (Å²) in [5.41, 5.74) is 3.29. The fourth-order valence-electron chi connectivity index (χ4n) is 1.88. The monoisotopic (exact) mass is 245 g/mol. The van der Waals surface area contributed by atoms with Gasteiger partial charge in [-0.05, 0) is 42.5 Å². The fourth-order valence-corrected chi connectivity index (χ4v) is 1.88. The summed E-state index contributed by atoms with van der Waals surface area (Å²) in [6.45, 7) is 11.2. The van der Waals surface area contributed by atoms with Crippen LogP contribution >= 0.6 is 0 Å². The van der Waals surface area contributed by atoms with Crippen molar-refractivity contribution in [3.8, 4) is 0 Å². The van der Waals surface area contributed by atoms with Crippen molar-refractivity contribution in [2.45, 2.75) is 34.6 Å². The minimum Gasteiger partial charge on any atom is -0.352 e. The van der Waals surface area contributed by atoms with Crippen molar-refractivity contribution in [2.75, 3.05) is 6.54 Å². The first-order valence-electron chi connectivity index (χ1n) is 6.41. The Morgan fingerprint density at radius 2 is 1.67 bits per heavy atom. The Labute approximate surface area is 110 Å². The van der Waals surface area contributed by atoms with Crippen LogP contribution in [0.1, 0.15) is 50.5 Å². The molecule has 0 unspecified atom stereocenters. The molecule has 0 aliphatic rings. The summed E-state index contributed by atoms with van der Waals surface area (Å²) >= 11 is 0. The molecular formula is C16H23NO. The van der Waals surface area contributed by atoms with Crippen LogP contribution in [-0.2, 0) is 0 Å². The Bertz CT molecular complexity index is 435. The second-order valence-electron chi connectivity index (χ2n) is 5.63. The number of carbonyl (C=O) groups excluding carboxylic acids is 1. The zero-order valence-electron chi connectivity index (χ0n) is 12.0. The minimum atomic E-state index is -0.0125. The van der Waals surface area contributed by atoms with E-state index >= 15 is 0 Å². The predicted octanol–water partition coefficient (Wildman–Crippen LogP) is 3.89. The average Bonchev–Trinajstić information content (AvgIpc) is 2.27. The minimum absolute atomic E-state index is 0.0125. The molecule has 0 aliphatic carbocycles. The van der Waals surface area contributed by atoms with Crippen LogP contribution in [-0.4, -0.2) is 12.5 Å². The van der Waals surface area contributed by atoms with Crippen LogP contribution < -0.4 is 5.32 Å². The topological polar surface area (TPSA) is 29.1 Å². The van der Waals surface area contributed by atoms with Gasteiger partial charge in [-0.2, -0.15) is 0 Å². The van der Waals surface area contributed by atoms with Crippen molar-refractivity contribution in [2.24, 2.45) is 5.41 Å². The lowest BCUT2D eigenvalue weighted by molar-refractivity contribution is 0.0956. The molecule has 0 saturated heterocycles. The van der Waals surface area contributed by atoms with E-state index in [-0.39, 0.29) is 11.3 Å². The van der Waals surface area contributed by atoms with Gasteiger partial charge in [-0.3, -0.25) is 4.79 Å². The Morgan fingerprint density at radius 3 is 2.11 bits per heavy atom. The number of allylic oxidation sites excluding steroid dienone is 2. The number of nitrogens with one attached hydrogen (secondary N) is 1. The summed E-state index contributed by atoms with van der Waals surface area (Å²) in [6, 6.07) is 7.75. The lowest BCUT2D eigenvalue weighted by Gasteiger charge is -2.14. The van der Waals surface area contributed by atoms with E-state index in [1.165, 1.54) is 5.57 Å². The van der Waals surface area contributed by atoms with E-state index in [0.717, 1.165) is 5.56 Å². The molecule has 2 nitrogen and oxygen atoms in total. The highest BCUT2D eigenvalue weighted by Crippen LogP contribution is 2.23. The van der Waals surface area contributed by atoms with Gasteiger partial charge in [0.2, 0.25) is 0 Å². The molecule has 1 amide bonds. The zero-order valence-corrected chi connectivity index (χ0v) is 12.0. The number of hydrogen-bond acceptors (Lipinski definition) is 1. The zero-order chi connectivity index (χ0) is 13.8. The molecule has 0 saturated carbocycles. The maximum Gasteiger partial charge on any atom is 0.251 e. The van der Waals surface area contributed by atoms with Crippen LogP contribution in [0.15, 0.2) is 30.3 Å². The summed E-state index contributed by atoms with van der Waals surface area (Å²) in [6.07, 6.45) is 2.24. The van der Waals surface area contributed by atoms with Gasteiger partial charge in [-0.15, -0.1) is 0 Å². The first-order chi connectivity index (χ1) is 8.33. The first-order valence-corrected chi connectivity index (χ1v) is 6.41. The normalized spacial score (nSPS) is 12.4. The summed E-state index contributed by atoms with van der Waals surface area (Å²) in [4.78, 5) is 11.6. The maximum atomic E-state index is 11.6. The molecule has 0 radical (unpaired) electrons. The lowest BCUT2D eigenvalue weighted by Crippen LogP contribution is -2.22. The van der Waals surface area contributed by atoms with Crippen molar-refractivity contribution < 1.29 is 4.79 Å². The summed E-state index contributed by atoms with van der Waals surface area (Å²) < 4.78 is 0. The molecule has 1 rings (SSSR count). The van der Waals surface area contributed by atoms with Gasteiger partial charge in [-0.25, -0.2) is 0 Å². The molecule has 0 bridgehead atoms. The second kappa shape index (κ2) is 5.85. The van der Waals surface area contributed by atoms with Gasteiger partial charge in [0.25, 0.3) is 5.91 Å². The Kier molecular flexibility index (Phi) is 4.71. The van der Waals surface area contributed by atoms with Crippen molar-refractivity contribution in [3.05, 3.63) is 41.5 Å². The molecular weight excluding hydrogens is 222 g/mol. The van der Waals surface area contributed by atoms with Crippen LogP contribution in [0.25, 0.3) is 5.57 Å². The molecule has 0 heterocycles. The second-order valence-corrected chi connectivity index (χ2v) is 5.63. The third-order valence-electron chi connectivity index (χ3n) is 2.59. The molecule has 1 N–H and O–H groups in total. The third-order valence-corrected chi connectivity index (χ3v) is 2.59. The number of amides is 1. The van der Waals surface area contributed by atoms with E-state index in [1.54, 1.807) is 0 Å². The number of carbonyl (C=O) groups is 1. The van der Waals surface area contributed by atoms with Crippen molar-refractivity contribution in [1.29, 1.82) is 0 Å². The fraction of sp³-hybridized carbons (Fsp3) is 0.438. The summed E-state index contributed by atoms with van der Waals surface area (Å²) in [7, 11) is 0. The van der Waals surface area contributed by atoms with Gasteiger partial charge in [0.15, 0.2) is 0 Å². The first kappa shape index (κ1) is 14.5. The van der Waals surface area contributed by atoms with Gasteiger partial charge in [-0.1, -0.05) is 39.0 Å². The van der Waals surface area contributed by atoms with Crippen LogP contribution in [0.5, 0.6) is 0 Å². The molecule has 18 heavy (non-hydrogen) atoms. The lowest BCUT2D eigenvalue weighted by atomic mass is 9.91. The van der Waals surface area contributed by atoms with E-state index in [0.29, 0.717) is 12.1 Å².